The Labute approximate surface area is 179 Å². The lowest BCUT2D eigenvalue weighted by atomic mass is 10.0. The molecule has 2 rings (SSSR count). The van der Waals surface area contributed by atoms with Crippen LogP contribution < -0.4 is 9.64 Å². The number of unbranched alkanes of at least 4 members (excludes halogenated alkanes) is 1. The lowest BCUT2D eigenvalue weighted by Crippen LogP contribution is -2.18. The Morgan fingerprint density at radius 3 is 2.40 bits per heavy atom. The van der Waals surface area contributed by atoms with Crippen molar-refractivity contribution in [3.8, 4) is 16.9 Å². The molecule has 0 aliphatic rings. The van der Waals surface area contributed by atoms with E-state index in [-0.39, 0.29) is 0 Å². The first kappa shape index (κ1) is 23.5. The van der Waals surface area contributed by atoms with Crippen molar-refractivity contribution in [3.63, 3.8) is 0 Å². The minimum atomic E-state index is -0.954. The van der Waals surface area contributed by atoms with Gasteiger partial charge in [0.2, 0.25) is 0 Å². The normalized spacial score (nSPS) is 11.0. The number of ether oxygens (including phenoxy) is 2. The maximum absolute atomic E-state index is 11.0. The van der Waals surface area contributed by atoms with Gasteiger partial charge >= 0.3 is 5.97 Å². The van der Waals surface area contributed by atoms with E-state index in [0.29, 0.717) is 13.2 Å². The van der Waals surface area contributed by atoms with Crippen LogP contribution in [0.3, 0.4) is 0 Å². The van der Waals surface area contributed by atoms with E-state index in [1.54, 1.807) is 6.08 Å². The van der Waals surface area contributed by atoms with Crippen molar-refractivity contribution in [1.29, 1.82) is 0 Å². The predicted molar refractivity (Wildman–Crippen MR) is 123 cm³/mol. The average molecular weight is 412 g/mol. The van der Waals surface area contributed by atoms with Crippen molar-refractivity contribution >= 4 is 17.7 Å². The molecule has 0 saturated heterocycles. The van der Waals surface area contributed by atoms with Crippen LogP contribution in [-0.4, -0.2) is 44.5 Å². The summed E-state index contributed by atoms with van der Waals surface area (Å²) < 4.78 is 11.2. The van der Waals surface area contributed by atoms with E-state index < -0.39 is 5.97 Å². The maximum atomic E-state index is 11.0. The van der Waals surface area contributed by atoms with Gasteiger partial charge in [0.25, 0.3) is 0 Å². The molecule has 5 nitrogen and oxygen atoms in total. The summed E-state index contributed by atoms with van der Waals surface area (Å²) in [6.07, 6.45) is 6.06. The molecule has 162 valence electrons. The largest absolute Gasteiger partial charge is 0.491 e. The number of carbonyl (C=O) groups is 1. The molecule has 1 N–H and O–H groups in total. The zero-order chi connectivity index (χ0) is 21.8. The van der Waals surface area contributed by atoms with Crippen molar-refractivity contribution in [2.45, 2.75) is 33.1 Å². The second kappa shape index (κ2) is 12.7. The molecule has 0 spiro atoms. The Kier molecular flexibility index (Phi) is 9.95. The molecule has 0 fully saturated rings. The molecule has 0 saturated carbocycles. The summed E-state index contributed by atoms with van der Waals surface area (Å²) in [4.78, 5) is 13.2. The van der Waals surface area contributed by atoms with E-state index in [4.69, 9.17) is 14.6 Å². The van der Waals surface area contributed by atoms with E-state index in [2.05, 4.69) is 24.8 Å². The van der Waals surface area contributed by atoms with Crippen LogP contribution >= 0.6 is 0 Å². The molecule has 2 aromatic carbocycles. The Balaban J connectivity index is 2.10. The molecule has 0 bridgehead atoms. The Bertz CT molecular complexity index is 814. The quantitative estimate of drug-likeness (QED) is 0.349. The summed E-state index contributed by atoms with van der Waals surface area (Å²) in [5, 5.41) is 9.03. The summed E-state index contributed by atoms with van der Waals surface area (Å²) in [6.45, 7) is 7.07. The third-order valence-corrected chi connectivity index (χ3v) is 4.73. The zero-order valence-electron chi connectivity index (χ0n) is 18.3. The number of hydrogen-bond acceptors (Lipinski definition) is 4. The first-order chi connectivity index (χ1) is 14.5. The fraction of sp³-hybridized carbons (Fsp3) is 0.400. The van der Waals surface area contributed by atoms with Gasteiger partial charge < -0.3 is 19.5 Å². The summed E-state index contributed by atoms with van der Waals surface area (Å²) in [5.74, 6) is -0.146. The second-order valence-electron chi connectivity index (χ2n) is 7.21. The molecular weight excluding hydrogens is 378 g/mol. The third-order valence-electron chi connectivity index (χ3n) is 4.73. The molecule has 0 aliphatic heterocycles. The number of benzene rings is 2. The van der Waals surface area contributed by atoms with Gasteiger partial charge in [-0.1, -0.05) is 38.5 Å². The summed E-state index contributed by atoms with van der Waals surface area (Å²) in [5.41, 5.74) is 3.98. The van der Waals surface area contributed by atoms with Gasteiger partial charge in [-0.05, 0) is 59.9 Å². The van der Waals surface area contributed by atoms with Crippen LogP contribution in [0.15, 0.2) is 48.5 Å². The summed E-state index contributed by atoms with van der Waals surface area (Å²) in [6, 6.07) is 14.1. The van der Waals surface area contributed by atoms with E-state index in [1.807, 2.05) is 43.4 Å². The standard InChI is InChI=1S/C25H33NO4/c1-4-6-16-29-17-18-30-23-11-7-20(8-12-23)21-9-13-24(26(3)15-5-2)22(19-21)10-14-25(27)28/h7-14,19H,4-6,15-18H2,1-3H3,(H,27,28)/b14-10+. The third kappa shape index (κ3) is 7.56. The van der Waals surface area contributed by atoms with Crippen LogP contribution in [0.25, 0.3) is 17.2 Å². The fourth-order valence-corrected chi connectivity index (χ4v) is 3.14. The molecule has 0 aliphatic carbocycles. The molecule has 0 amide bonds. The highest BCUT2D eigenvalue weighted by Gasteiger charge is 2.08. The van der Waals surface area contributed by atoms with Crippen molar-refractivity contribution in [3.05, 3.63) is 54.1 Å². The number of rotatable bonds is 13. The van der Waals surface area contributed by atoms with E-state index in [9.17, 15) is 4.79 Å². The van der Waals surface area contributed by atoms with Crippen LogP contribution in [0.5, 0.6) is 5.75 Å². The molecule has 0 aromatic heterocycles. The highest BCUT2D eigenvalue weighted by Crippen LogP contribution is 2.29. The number of carboxylic acids is 1. The number of aliphatic carboxylic acids is 1. The highest BCUT2D eigenvalue weighted by molar-refractivity contribution is 5.88. The van der Waals surface area contributed by atoms with Crippen molar-refractivity contribution in [2.24, 2.45) is 0 Å². The molecule has 30 heavy (non-hydrogen) atoms. The van der Waals surface area contributed by atoms with Crippen LogP contribution in [0.2, 0.25) is 0 Å². The lowest BCUT2D eigenvalue weighted by molar-refractivity contribution is -0.131. The summed E-state index contributed by atoms with van der Waals surface area (Å²) in [7, 11) is 2.02. The lowest BCUT2D eigenvalue weighted by Gasteiger charge is -2.21. The smallest absolute Gasteiger partial charge is 0.328 e. The van der Waals surface area contributed by atoms with E-state index in [0.717, 1.165) is 60.5 Å². The molecular formula is C25H33NO4. The van der Waals surface area contributed by atoms with Crippen molar-refractivity contribution in [1.82, 2.24) is 0 Å². The number of nitrogens with zero attached hydrogens (tertiary/aromatic N) is 1. The van der Waals surface area contributed by atoms with Crippen molar-refractivity contribution in [2.75, 3.05) is 38.3 Å². The zero-order valence-corrected chi connectivity index (χ0v) is 18.3. The minimum absolute atomic E-state index is 0.533. The van der Waals surface area contributed by atoms with E-state index in [1.165, 1.54) is 6.08 Å². The maximum Gasteiger partial charge on any atom is 0.328 e. The average Bonchev–Trinajstić information content (AvgIpc) is 2.75. The van der Waals surface area contributed by atoms with E-state index >= 15 is 0 Å². The Morgan fingerprint density at radius 2 is 1.73 bits per heavy atom. The first-order valence-electron chi connectivity index (χ1n) is 10.6. The molecule has 0 atom stereocenters. The SMILES string of the molecule is CCCCOCCOc1ccc(-c2ccc(N(C)CCC)c(/C=C/C(=O)O)c2)cc1. The number of anilines is 1. The Morgan fingerprint density at radius 1 is 1.00 bits per heavy atom. The number of carboxylic acid groups (broad SMARTS) is 1. The second-order valence-corrected chi connectivity index (χ2v) is 7.21. The molecule has 5 heteroatoms. The van der Waals surface area contributed by atoms with Gasteiger partial charge in [-0.2, -0.15) is 0 Å². The minimum Gasteiger partial charge on any atom is -0.491 e. The predicted octanol–water partition coefficient (Wildman–Crippen LogP) is 5.49. The van der Waals surface area contributed by atoms with Gasteiger partial charge in [-0.15, -0.1) is 0 Å². The van der Waals surface area contributed by atoms with Gasteiger partial charge in [0, 0.05) is 32.0 Å². The molecule has 0 unspecified atom stereocenters. The molecule has 0 heterocycles. The van der Waals surface area contributed by atoms with Crippen LogP contribution in [0, 0.1) is 0 Å². The molecule has 2 aromatic rings. The molecule has 0 radical (unpaired) electrons. The first-order valence-corrected chi connectivity index (χ1v) is 10.6. The van der Waals surface area contributed by atoms with Gasteiger partial charge in [-0.3, -0.25) is 0 Å². The fourth-order valence-electron chi connectivity index (χ4n) is 3.14. The van der Waals surface area contributed by atoms with Crippen LogP contribution in [0.4, 0.5) is 5.69 Å². The van der Waals surface area contributed by atoms with Gasteiger partial charge in [0.05, 0.1) is 6.61 Å². The highest BCUT2D eigenvalue weighted by atomic mass is 16.5. The summed E-state index contributed by atoms with van der Waals surface area (Å²) >= 11 is 0. The number of hydrogen-bond donors (Lipinski definition) is 1. The van der Waals surface area contributed by atoms with Crippen LogP contribution in [-0.2, 0) is 9.53 Å². The van der Waals surface area contributed by atoms with Gasteiger partial charge in [0.15, 0.2) is 0 Å². The topological polar surface area (TPSA) is 59.0 Å². The van der Waals surface area contributed by atoms with Gasteiger partial charge in [0.1, 0.15) is 12.4 Å². The monoisotopic (exact) mass is 411 g/mol. The van der Waals surface area contributed by atoms with Crippen molar-refractivity contribution < 1.29 is 19.4 Å². The van der Waals surface area contributed by atoms with Gasteiger partial charge in [-0.25, -0.2) is 4.79 Å². The Hall–Kier alpha value is -2.79. The van der Waals surface area contributed by atoms with Crippen LogP contribution in [0.1, 0.15) is 38.7 Å².